The van der Waals surface area contributed by atoms with Gasteiger partial charge in [0.15, 0.2) is 9.84 Å². The molecule has 0 saturated heterocycles. The van der Waals surface area contributed by atoms with Crippen molar-refractivity contribution >= 4 is 36.8 Å². The van der Waals surface area contributed by atoms with Crippen LogP contribution >= 0.6 is 15.9 Å². The summed E-state index contributed by atoms with van der Waals surface area (Å²) in [6, 6.07) is 3.77. The third-order valence-electron chi connectivity index (χ3n) is 3.27. The maximum absolute atomic E-state index is 12.8. The fourth-order valence-corrected chi connectivity index (χ4v) is 3.53. The molecule has 1 N–H and O–H groups in total. The number of fused-ring (bicyclic) bond motifs is 1. The molecule has 0 amide bonds. The van der Waals surface area contributed by atoms with E-state index < -0.39 is 21.6 Å². The fourth-order valence-electron chi connectivity index (χ4n) is 2.20. The molecule has 5 nitrogen and oxygen atoms in total. The second kappa shape index (κ2) is 5.55. The summed E-state index contributed by atoms with van der Waals surface area (Å²) in [6.07, 6.45) is -1.35. The lowest BCUT2D eigenvalue weighted by Gasteiger charge is -2.06. The lowest BCUT2D eigenvalue weighted by Crippen LogP contribution is -2.04. The first-order chi connectivity index (χ1) is 11.1. The summed E-state index contributed by atoms with van der Waals surface area (Å²) in [6.45, 7) is 0. The molecular formula is C14H9BrF3N3O2S. The van der Waals surface area contributed by atoms with E-state index in [4.69, 9.17) is 0 Å². The van der Waals surface area contributed by atoms with Crippen LogP contribution in [0, 0.1) is 0 Å². The van der Waals surface area contributed by atoms with Crippen molar-refractivity contribution in [3.63, 3.8) is 0 Å². The third kappa shape index (κ3) is 3.16. The summed E-state index contributed by atoms with van der Waals surface area (Å²) in [5.74, 6) is 0. The minimum Gasteiger partial charge on any atom is -0.352 e. The highest BCUT2D eigenvalue weighted by Crippen LogP contribution is 2.33. The first-order valence-corrected chi connectivity index (χ1v) is 9.16. The molecular weight excluding hydrogens is 411 g/mol. The van der Waals surface area contributed by atoms with Crippen LogP contribution in [-0.4, -0.2) is 29.6 Å². The highest BCUT2D eigenvalue weighted by Gasteiger charge is 2.31. The van der Waals surface area contributed by atoms with Crippen molar-refractivity contribution in [2.45, 2.75) is 11.1 Å². The Kier molecular flexibility index (Phi) is 3.91. The molecule has 0 aliphatic heterocycles. The van der Waals surface area contributed by atoms with Crippen LogP contribution in [0.5, 0.6) is 0 Å². The van der Waals surface area contributed by atoms with E-state index in [1.54, 1.807) is 0 Å². The van der Waals surface area contributed by atoms with Crippen molar-refractivity contribution < 1.29 is 21.6 Å². The zero-order chi connectivity index (χ0) is 17.7. The van der Waals surface area contributed by atoms with Crippen LogP contribution in [0.4, 0.5) is 13.2 Å². The van der Waals surface area contributed by atoms with Crippen LogP contribution in [0.25, 0.3) is 22.4 Å². The largest absolute Gasteiger partial charge is 0.417 e. The Balaban J connectivity index is 2.21. The van der Waals surface area contributed by atoms with Gasteiger partial charge < -0.3 is 4.98 Å². The van der Waals surface area contributed by atoms with Gasteiger partial charge in [-0.25, -0.2) is 8.42 Å². The monoisotopic (exact) mass is 419 g/mol. The second-order valence-electron chi connectivity index (χ2n) is 5.11. The molecule has 0 radical (unpaired) electrons. The topological polar surface area (TPSA) is 75.7 Å². The molecule has 0 aliphatic carbocycles. The van der Waals surface area contributed by atoms with E-state index in [0.717, 1.165) is 18.5 Å². The molecule has 10 heteroatoms. The number of hydrogen-bond acceptors (Lipinski definition) is 4. The van der Waals surface area contributed by atoms with Crippen LogP contribution in [0.2, 0.25) is 0 Å². The number of sulfone groups is 1. The number of nitrogens with zero attached hydrogens (tertiary/aromatic N) is 2. The maximum atomic E-state index is 12.8. The highest BCUT2D eigenvalue weighted by atomic mass is 79.9. The van der Waals surface area contributed by atoms with Crippen molar-refractivity contribution in [1.29, 1.82) is 0 Å². The summed E-state index contributed by atoms with van der Waals surface area (Å²) in [5.41, 5.74) is -0.0846. The number of halogens is 4. The molecule has 3 aromatic heterocycles. The van der Waals surface area contributed by atoms with Gasteiger partial charge in [0.05, 0.1) is 27.2 Å². The molecule has 0 unspecified atom stereocenters. The first-order valence-electron chi connectivity index (χ1n) is 6.47. The van der Waals surface area contributed by atoms with Crippen LogP contribution in [0.1, 0.15) is 5.56 Å². The zero-order valence-corrected chi connectivity index (χ0v) is 14.4. The fraction of sp³-hybridized carbons (Fsp3) is 0.143. The number of rotatable bonds is 2. The van der Waals surface area contributed by atoms with Crippen LogP contribution in [0.3, 0.4) is 0 Å². The molecule has 0 saturated carbocycles. The average Bonchev–Trinajstić information content (AvgIpc) is 2.88. The van der Waals surface area contributed by atoms with Crippen molar-refractivity contribution in [2.24, 2.45) is 0 Å². The lowest BCUT2D eigenvalue weighted by atomic mass is 10.2. The third-order valence-corrected chi connectivity index (χ3v) is 4.81. The molecule has 3 aromatic rings. The predicted molar refractivity (Wildman–Crippen MR) is 85.1 cm³/mol. The van der Waals surface area contributed by atoms with E-state index in [-0.39, 0.29) is 27.3 Å². The number of H-pyrrole nitrogens is 1. The number of aromatic amines is 1. The minimum absolute atomic E-state index is 0.0422. The molecule has 3 heterocycles. The summed E-state index contributed by atoms with van der Waals surface area (Å²) >= 11 is 3.15. The van der Waals surface area contributed by atoms with Crippen molar-refractivity contribution in [2.75, 3.05) is 6.26 Å². The number of alkyl halides is 3. The molecule has 126 valence electrons. The Bertz CT molecular complexity index is 1050. The number of nitrogens with one attached hydrogen (secondary N) is 1. The van der Waals surface area contributed by atoms with Gasteiger partial charge in [-0.15, -0.1) is 0 Å². The van der Waals surface area contributed by atoms with E-state index in [0.29, 0.717) is 4.47 Å². The van der Waals surface area contributed by atoms with Crippen molar-refractivity contribution in [3.8, 4) is 11.4 Å². The minimum atomic E-state index is -4.51. The van der Waals surface area contributed by atoms with Gasteiger partial charge in [0.1, 0.15) is 5.69 Å². The predicted octanol–water partition coefficient (Wildman–Crippen LogP) is 3.81. The molecule has 0 atom stereocenters. The first kappa shape index (κ1) is 16.9. The van der Waals surface area contributed by atoms with Gasteiger partial charge in [-0.1, -0.05) is 0 Å². The highest BCUT2D eigenvalue weighted by molar-refractivity contribution is 9.10. The Hall–Kier alpha value is -1.94. The molecule has 0 aromatic carbocycles. The Morgan fingerprint density at radius 3 is 2.46 bits per heavy atom. The molecule has 0 fully saturated rings. The van der Waals surface area contributed by atoms with Crippen LogP contribution in [0.15, 0.2) is 40.0 Å². The molecule has 0 bridgehead atoms. The van der Waals surface area contributed by atoms with Crippen molar-refractivity contribution in [1.82, 2.24) is 15.0 Å². The lowest BCUT2D eigenvalue weighted by molar-refractivity contribution is -0.137. The smallest absolute Gasteiger partial charge is 0.352 e. The standard InChI is InChI=1S/C14H9BrF3N3O2S/c1-24(22,23)12-3-8(15)6-20-13(12)11-4-9-10(21-11)2-7(5-19-9)14(16,17)18/h2-6,21H,1H3. The maximum Gasteiger partial charge on any atom is 0.417 e. The zero-order valence-electron chi connectivity index (χ0n) is 12.0. The molecule has 24 heavy (non-hydrogen) atoms. The second-order valence-corrected chi connectivity index (χ2v) is 8.01. The average molecular weight is 420 g/mol. The van der Waals surface area contributed by atoms with Gasteiger partial charge in [-0.05, 0) is 34.1 Å². The summed E-state index contributed by atoms with van der Waals surface area (Å²) < 4.78 is 62.6. The number of aromatic nitrogens is 3. The molecule has 3 rings (SSSR count). The Labute approximate surface area is 143 Å². The van der Waals surface area contributed by atoms with Gasteiger partial charge in [0.2, 0.25) is 0 Å². The van der Waals surface area contributed by atoms with Crippen molar-refractivity contribution in [3.05, 3.63) is 40.6 Å². The van der Waals surface area contributed by atoms with Crippen LogP contribution in [-0.2, 0) is 16.0 Å². The summed E-state index contributed by atoms with van der Waals surface area (Å²) in [7, 11) is -3.59. The Morgan fingerprint density at radius 1 is 1.12 bits per heavy atom. The van der Waals surface area contributed by atoms with Gasteiger partial charge in [-0.2, -0.15) is 13.2 Å². The summed E-state index contributed by atoms with van der Waals surface area (Å²) in [4.78, 5) is 10.5. The summed E-state index contributed by atoms with van der Waals surface area (Å²) in [5, 5.41) is 0. The van der Waals surface area contributed by atoms with E-state index >= 15 is 0 Å². The van der Waals surface area contributed by atoms with E-state index in [1.807, 2.05) is 0 Å². The SMILES string of the molecule is CS(=O)(=O)c1cc(Br)cnc1-c1cc2ncc(C(F)(F)F)cc2[nH]1. The van der Waals surface area contributed by atoms with Gasteiger partial charge >= 0.3 is 6.18 Å². The number of hydrogen-bond donors (Lipinski definition) is 1. The van der Waals surface area contributed by atoms with E-state index in [2.05, 4.69) is 30.9 Å². The van der Waals surface area contributed by atoms with E-state index in [9.17, 15) is 21.6 Å². The molecule has 0 aliphatic rings. The van der Waals surface area contributed by atoms with Gasteiger partial charge in [0.25, 0.3) is 0 Å². The quantitative estimate of drug-likeness (QED) is 0.684. The van der Waals surface area contributed by atoms with E-state index in [1.165, 1.54) is 18.3 Å². The normalized spacial score (nSPS) is 12.7. The number of pyridine rings is 2. The molecule has 0 spiro atoms. The Morgan fingerprint density at radius 2 is 1.83 bits per heavy atom. The van der Waals surface area contributed by atoms with Gasteiger partial charge in [-0.3, -0.25) is 9.97 Å². The van der Waals surface area contributed by atoms with Crippen LogP contribution < -0.4 is 0 Å². The van der Waals surface area contributed by atoms with Gasteiger partial charge in [0, 0.05) is 23.1 Å².